The molecule has 124 valence electrons. The van der Waals surface area contributed by atoms with Crippen molar-refractivity contribution in [1.82, 2.24) is 4.90 Å². The summed E-state index contributed by atoms with van der Waals surface area (Å²) in [5.41, 5.74) is 0.324. The van der Waals surface area contributed by atoms with Gasteiger partial charge in [-0.3, -0.25) is 9.59 Å². The fourth-order valence-corrected chi connectivity index (χ4v) is 4.82. The number of hydrogen-bond acceptors (Lipinski definition) is 3. The minimum atomic E-state index is -0.813. The molecule has 0 spiro atoms. The number of thioether (sulfide) groups is 1. The summed E-state index contributed by atoms with van der Waals surface area (Å²) < 4.78 is 0. The maximum Gasteiger partial charge on any atom is 0.310 e. The summed E-state index contributed by atoms with van der Waals surface area (Å²) >= 11 is 1.88. The molecule has 5 heteroatoms. The van der Waals surface area contributed by atoms with Crippen molar-refractivity contribution in [2.24, 2.45) is 5.41 Å². The van der Waals surface area contributed by atoms with Crippen LogP contribution in [0.15, 0.2) is 30.3 Å². The van der Waals surface area contributed by atoms with E-state index in [1.165, 1.54) is 0 Å². The van der Waals surface area contributed by atoms with Crippen LogP contribution in [0.1, 0.15) is 44.2 Å². The van der Waals surface area contributed by atoms with Gasteiger partial charge in [-0.1, -0.05) is 43.7 Å². The molecule has 1 aromatic rings. The van der Waals surface area contributed by atoms with Crippen LogP contribution in [0.5, 0.6) is 0 Å². The monoisotopic (exact) mass is 333 g/mol. The van der Waals surface area contributed by atoms with Gasteiger partial charge in [0, 0.05) is 24.0 Å². The van der Waals surface area contributed by atoms with Crippen LogP contribution >= 0.6 is 11.8 Å². The molecule has 4 nitrogen and oxygen atoms in total. The molecule has 2 aliphatic rings. The molecule has 1 amide bonds. The Labute approximate surface area is 141 Å². The number of carboxylic acid groups (broad SMARTS) is 1. The Bertz CT molecular complexity index is 585. The lowest BCUT2D eigenvalue weighted by atomic mass is 9.66. The summed E-state index contributed by atoms with van der Waals surface area (Å²) in [6.07, 6.45) is 2.31. The molecule has 0 bridgehead atoms. The van der Waals surface area contributed by atoms with Gasteiger partial charge in [-0.2, -0.15) is 11.8 Å². The number of amides is 1. The molecular weight excluding hydrogens is 310 g/mol. The van der Waals surface area contributed by atoms with E-state index in [0.29, 0.717) is 24.6 Å². The molecule has 0 radical (unpaired) electrons. The second-order valence-electron chi connectivity index (χ2n) is 6.63. The highest BCUT2D eigenvalue weighted by atomic mass is 32.2. The quantitative estimate of drug-likeness (QED) is 0.918. The summed E-state index contributed by atoms with van der Waals surface area (Å²) in [5.74, 6) is 0.0944. The molecular formula is C18H23NO3S. The Morgan fingerprint density at radius 2 is 2.00 bits per heavy atom. The van der Waals surface area contributed by atoms with Crippen molar-refractivity contribution in [2.75, 3.05) is 12.3 Å². The van der Waals surface area contributed by atoms with Crippen molar-refractivity contribution < 1.29 is 14.7 Å². The van der Waals surface area contributed by atoms with Gasteiger partial charge >= 0.3 is 5.97 Å². The predicted octanol–water partition coefficient (Wildman–Crippen LogP) is 3.34. The molecule has 2 unspecified atom stereocenters. The molecule has 1 aromatic carbocycles. The molecule has 2 atom stereocenters. The molecule has 1 saturated carbocycles. The molecule has 3 rings (SSSR count). The first-order chi connectivity index (χ1) is 11.0. The van der Waals surface area contributed by atoms with Crippen molar-refractivity contribution in [1.29, 1.82) is 0 Å². The van der Waals surface area contributed by atoms with E-state index < -0.39 is 11.4 Å². The second-order valence-corrected chi connectivity index (χ2v) is 8.12. The van der Waals surface area contributed by atoms with Crippen LogP contribution in [-0.2, 0) is 9.59 Å². The summed E-state index contributed by atoms with van der Waals surface area (Å²) in [7, 11) is 0. The molecule has 1 aliphatic heterocycles. The van der Waals surface area contributed by atoms with Crippen molar-refractivity contribution in [3.63, 3.8) is 0 Å². The van der Waals surface area contributed by atoms with Crippen LogP contribution in [0.2, 0.25) is 0 Å². The van der Waals surface area contributed by atoms with E-state index in [2.05, 4.69) is 19.1 Å². The van der Waals surface area contributed by atoms with Gasteiger partial charge in [0.1, 0.15) is 0 Å². The molecule has 0 aromatic heterocycles. The zero-order chi connectivity index (χ0) is 16.4. The zero-order valence-corrected chi connectivity index (χ0v) is 14.2. The third kappa shape index (κ3) is 3.11. The Hall–Kier alpha value is -1.49. The lowest BCUT2D eigenvalue weighted by Crippen LogP contribution is -2.48. The van der Waals surface area contributed by atoms with Crippen LogP contribution in [0.4, 0.5) is 0 Å². The standard InChI is InChI=1S/C18H23NO3S/c1-13-16(14-6-3-2-4-7-14)19(10-11-23-13)15(20)12-18(17(21)22)8-5-9-18/h2-4,6-7,13,16H,5,8-12H2,1H3,(H,21,22). The van der Waals surface area contributed by atoms with Gasteiger partial charge in [0.05, 0.1) is 11.5 Å². The van der Waals surface area contributed by atoms with Crippen molar-refractivity contribution in [3.8, 4) is 0 Å². The molecule has 23 heavy (non-hydrogen) atoms. The number of benzene rings is 1. The summed E-state index contributed by atoms with van der Waals surface area (Å²) in [6.45, 7) is 2.85. The molecule has 1 N–H and O–H groups in total. The van der Waals surface area contributed by atoms with Gasteiger partial charge in [0.2, 0.25) is 5.91 Å². The minimum absolute atomic E-state index is 0.00639. The Kier molecular flexibility index (Phi) is 4.67. The fraction of sp³-hybridized carbons (Fsp3) is 0.556. The number of carbonyl (C=O) groups is 2. The van der Waals surface area contributed by atoms with Gasteiger partial charge in [0.25, 0.3) is 0 Å². The van der Waals surface area contributed by atoms with E-state index >= 15 is 0 Å². The number of hydrogen-bond donors (Lipinski definition) is 1. The lowest BCUT2D eigenvalue weighted by Gasteiger charge is -2.43. The van der Waals surface area contributed by atoms with Gasteiger partial charge in [-0.05, 0) is 18.4 Å². The lowest BCUT2D eigenvalue weighted by molar-refractivity contribution is -0.160. The third-order valence-corrected chi connectivity index (χ3v) is 6.41. The van der Waals surface area contributed by atoms with Crippen molar-refractivity contribution in [2.45, 2.75) is 43.9 Å². The van der Waals surface area contributed by atoms with E-state index in [1.54, 1.807) is 0 Å². The first-order valence-electron chi connectivity index (χ1n) is 8.23. The molecule has 1 aliphatic carbocycles. The highest BCUT2D eigenvalue weighted by molar-refractivity contribution is 8.00. The van der Waals surface area contributed by atoms with E-state index in [9.17, 15) is 14.7 Å². The van der Waals surface area contributed by atoms with E-state index in [-0.39, 0.29) is 18.4 Å². The number of aliphatic carboxylic acids is 1. The van der Waals surface area contributed by atoms with Gasteiger partial charge in [-0.15, -0.1) is 0 Å². The SMILES string of the molecule is CC1SCCN(C(=O)CC2(C(=O)O)CCC2)C1c1ccccc1. The average Bonchev–Trinajstić information content (AvgIpc) is 2.51. The normalized spacial score (nSPS) is 26.4. The first kappa shape index (κ1) is 16.4. The number of rotatable bonds is 4. The van der Waals surface area contributed by atoms with E-state index in [1.807, 2.05) is 34.9 Å². The first-order valence-corrected chi connectivity index (χ1v) is 9.28. The van der Waals surface area contributed by atoms with Gasteiger partial charge < -0.3 is 10.0 Å². The molecule has 1 saturated heterocycles. The maximum atomic E-state index is 12.9. The Balaban J connectivity index is 1.81. The smallest absolute Gasteiger partial charge is 0.310 e. The summed E-state index contributed by atoms with van der Waals surface area (Å²) in [6, 6.07) is 10.1. The molecule has 2 fully saturated rings. The van der Waals surface area contributed by atoms with Crippen LogP contribution in [0.3, 0.4) is 0 Å². The van der Waals surface area contributed by atoms with Crippen LogP contribution in [0.25, 0.3) is 0 Å². The van der Waals surface area contributed by atoms with Crippen LogP contribution < -0.4 is 0 Å². The largest absolute Gasteiger partial charge is 0.481 e. The summed E-state index contributed by atoms with van der Waals surface area (Å²) in [4.78, 5) is 26.4. The Morgan fingerprint density at radius 1 is 1.30 bits per heavy atom. The van der Waals surface area contributed by atoms with E-state index in [4.69, 9.17) is 0 Å². The average molecular weight is 333 g/mol. The van der Waals surface area contributed by atoms with Crippen LogP contribution in [-0.4, -0.2) is 39.4 Å². The highest BCUT2D eigenvalue weighted by Crippen LogP contribution is 2.46. The van der Waals surface area contributed by atoms with Crippen LogP contribution in [0, 0.1) is 5.41 Å². The predicted molar refractivity (Wildman–Crippen MR) is 91.4 cm³/mol. The third-order valence-electron chi connectivity index (χ3n) is 5.21. The fourth-order valence-electron chi connectivity index (χ4n) is 3.66. The van der Waals surface area contributed by atoms with Crippen molar-refractivity contribution >= 4 is 23.6 Å². The van der Waals surface area contributed by atoms with Gasteiger partial charge in [0.15, 0.2) is 0 Å². The van der Waals surface area contributed by atoms with Crippen molar-refractivity contribution in [3.05, 3.63) is 35.9 Å². The maximum absolute atomic E-state index is 12.9. The van der Waals surface area contributed by atoms with Gasteiger partial charge in [-0.25, -0.2) is 0 Å². The second kappa shape index (κ2) is 6.56. The number of carbonyl (C=O) groups excluding carboxylic acids is 1. The van der Waals surface area contributed by atoms with E-state index in [0.717, 1.165) is 17.7 Å². The Morgan fingerprint density at radius 3 is 2.57 bits per heavy atom. The highest BCUT2D eigenvalue weighted by Gasteiger charge is 2.47. The molecule has 1 heterocycles. The zero-order valence-electron chi connectivity index (χ0n) is 13.4. The minimum Gasteiger partial charge on any atom is -0.481 e. The number of nitrogens with zero attached hydrogens (tertiary/aromatic N) is 1. The summed E-state index contributed by atoms with van der Waals surface area (Å²) in [5, 5.41) is 9.81. The number of carboxylic acids is 1. The topological polar surface area (TPSA) is 57.6 Å².